The molecular weight excluding hydrogens is 344 g/mol. The van der Waals surface area contributed by atoms with E-state index in [1.165, 1.54) is 28.6 Å². The minimum atomic E-state index is -0.445. The average Bonchev–Trinajstić information content (AvgIpc) is 3.13. The second-order valence-electron chi connectivity index (χ2n) is 5.84. The number of nitrogens with one attached hydrogen (secondary N) is 2. The Morgan fingerprint density at radius 1 is 1.38 bits per heavy atom. The fourth-order valence-corrected chi connectivity index (χ4v) is 4.79. The highest BCUT2D eigenvalue weighted by Gasteiger charge is 2.21. The van der Waals surface area contributed by atoms with Crippen molar-refractivity contribution in [2.75, 3.05) is 5.75 Å². The van der Waals surface area contributed by atoms with E-state index in [0.717, 1.165) is 34.5 Å². The molecule has 0 saturated heterocycles. The fraction of sp³-hybridized carbons (Fsp3) is 0.500. The van der Waals surface area contributed by atoms with Gasteiger partial charge in [-0.1, -0.05) is 18.7 Å². The van der Waals surface area contributed by atoms with Crippen LogP contribution in [-0.2, 0) is 17.6 Å². The van der Waals surface area contributed by atoms with Gasteiger partial charge in [-0.3, -0.25) is 10.1 Å². The molecule has 1 aliphatic carbocycles. The van der Waals surface area contributed by atoms with Crippen LogP contribution in [0.5, 0.6) is 0 Å². The van der Waals surface area contributed by atoms with Gasteiger partial charge in [0.2, 0.25) is 5.91 Å². The zero-order valence-corrected chi connectivity index (χ0v) is 15.4. The number of hydrogen-bond acceptors (Lipinski definition) is 6. The molecular formula is C16H20N4O2S2. The van der Waals surface area contributed by atoms with E-state index in [2.05, 4.69) is 20.6 Å². The number of carbonyl (C=O) groups is 2. The van der Waals surface area contributed by atoms with Gasteiger partial charge in [-0.2, -0.15) is 0 Å². The number of nitrogens with zero attached hydrogens (tertiary/aromatic N) is 2. The molecule has 1 aliphatic rings. The maximum atomic E-state index is 12.0. The Balaban J connectivity index is 1.64. The number of hydrogen-bond donors (Lipinski definition) is 2. The first kappa shape index (κ1) is 17.2. The molecule has 0 fully saturated rings. The maximum absolute atomic E-state index is 12.0. The van der Waals surface area contributed by atoms with E-state index in [1.807, 2.05) is 13.8 Å². The first-order chi connectivity index (χ1) is 11.6. The molecule has 0 unspecified atom stereocenters. The first-order valence-electron chi connectivity index (χ1n) is 8.06. The number of aryl methyl sites for hydroxylation is 2. The van der Waals surface area contributed by atoms with Crippen LogP contribution in [0, 0.1) is 0 Å². The molecule has 0 bridgehead atoms. The van der Waals surface area contributed by atoms with E-state index in [1.54, 1.807) is 17.7 Å². The number of thioether (sulfide) groups is 1. The van der Waals surface area contributed by atoms with E-state index in [-0.39, 0.29) is 17.7 Å². The number of fused-ring (bicyclic) bond motifs is 3. The zero-order valence-electron chi connectivity index (χ0n) is 13.7. The Morgan fingerprint density at radius 3 is 3.00 bits per heavy atom. The van der Waals surface area contributed by atoms with E-state index >= 15 is 0 Å². The summed E-state index contributed by atoms with van der Waals surface area (Å²) in [5, 5.41) is 7.00. The summed E-state index contributed by atoms with van der Waals surface area (Å²) in [5.74, 6) is -0.163. The molecule has 3 amide bonds. The number of urea groups is 1. The fourth-order valence-electron chi connectivity index (χ4n) is 2.67. The Morgan fingerprint density at radius 2 is 2.21 bits per heavy atom. The summed E-state index contributed by atoms with van der Waals surface area (Å²) >= 11 is 3.08. The first-order valence-corrected chi connectivity index (χ1v) is 9.87. The number of amides is 3. The predicted molar refractivity (Wildman–Crippen MR) is 96.6 cm³/mol. The number of rotatable bonds is 5. The van der Waals surface area contributed by atoms with Gasteiger partial charge < -0.3 is 5.32 Å². The maximum Gasteiger partial charge on any atom is 0.321 e. The van der Waals surface area contributed by atoms with Crippen LogP contribution in [-0.4, -0.2) is 33.7 Å². The zero-order chi connectivity index (χ0) is 17.1. The number of aromatic nitrogens is 2. The summed E-state index contributed by atoms with van der Waals surface area (Å²) < 4.78 is 0. The topological polar surface area (TPSA) is 84.0 Å². The van der Waals surface area contributed by atoms with Crippen molar-refractivity contribution < 1.29 is 9.59 Å². The summed E-state index contributed by atoms with van der Waals surface area (Å²) in [4.78, 5) is 34.7. The largest absolute Gasteiger partial charge is 0.335 e. The summed E-state index contributed by atoms with van der Waals surface area (Å²) in [6.45, 7) is 3.87. The van der Waals surface area contributed by atoms with Gasteiger partial charge in [0, 0.05) is 16.3 Å². The third kappa shape index (κ3) is 3.70. The van der Waals surface area contributed by atoms with Gasteiger partial charge in [-0.25, -0.2) is 14.8 Å². The van der Waals surface area contributed by atoms with Crippen LogP contribution < -0.4 is 10.6 Å². The molecule has 0 aliphatic heterocycles. The Hall–Kier alpha value is -1.67. The molecule has 8 heteroatoms. The van der Waals surface area contributed by atoms with Crippen molar-refractivity contribution in [2.24, 2.45) is 0 Å². The second kappa shape index (κ2) is 7.48. The number of carbonyl (C=O) groups excluding carboxylic acids is 2. The van der Waals surface area contributed by atoms with Crippen molar-refractivity contribution in [3.05, 3.63) is 16.8 Å². The molecule has 128 valence electrons. The van der Waals surface area contributed by atoms with Crippen LogP contribution in [0.4, 0.5) is 4.79 Å². The molecule has 0 radical (unpaired) electrons. The molecule has 0 saturated carbocycles. The van der Waals surface area contributed by atoms with Gasteiger partial charge in [0.25, 0.3) is 0 Å². The molecule has 6 nitrogen and oxygen atoms in total. The molecule has 2 aromatic heterocycles. The Kier molecular flexibility index (Phi) is 5.35. The van der Waals surface area contributed by atoms with Gasteiger partial charge >= 0.3 is 6.03 Å². The Labute approximate surface area is 148 Å². The van der Waals surface area contributed by atoms with Gasteiger partial charge in [0.1, 0.15) is 16.2 Å². The summed E-state index contributed by atoms with van der Waals surface area (Å²) in [7, 11) is 0. The van der Waals surface area contributed by atoms with Gasteiger partial charge in [-0.05, 0) is 38.2 Å². The van der Waals surface area contributed by atoms with Crippen molar-refractivity contribution in [3.8, 4) is 0 Å². The molecule has 24 heavy (non-hydrogen) atoms. The molecule has 3 rings (SSSR count). The summed E-state index contributed by atoms with van der Waals surface area (Å²) in [6, 6.07) is -0.403. The van der Waals surface area contributed by atoms with Crippen LogP contribution in [0.2, 0.25) is 0 Å². The summed E-state index contributed by atoms with van der Waals surface area (Å²) in [5.41, 5.74) is 1.34. The second-order valence-corrected chi connectivity index (χ2v) is 7.88. The van der Waals surface area contributed by atoms with E-state index in [0.29, 0.717) is 0 Å². The van der Waals surface area contributed by atoms with Crippen LogP contribution in [0.3, 0.4) is 0 Å². The minimum absolute atomic E-state index is 0.0420. The third-order valence-corrected chi connectivity index (χ3v) is 6.24. The van der Waals surface area contributed by atoms with Crippen molar-refractivity contribution in [2.45, 2.75) is 50.6 Å². The molecule has 1 atom stereocenters. The van der Waals surface area contributed by atoms with Crippen LogP contribution in [0.15, 0.2) is 11.4 Å². The number of thiophene rings is 1. The molecule has 0 aromatic carbocycles. The van der Waals surface area contributed by atoms with Crippen molar-refractivity contribution in [3.63, 3.8) is 0 Å². The summed E-state index contributed by atoms with van der Waals surface area (Å²) in [6.07, 6.45) is 5.70. The molecule has 0 spiro atoms. The molecule has 2 N–H and O–H groups in total. The smallest absolute Gasteiger partial charge is 0.321 e. The molecule has 2 heterocycles. The quantitative estimate of drug-likeness (QED) is 0.629. The van der Waals surface area contributed by atoms with Gasteiger partial charge in [0.15, 0.2) is 0 Å². The molecule has 2 aromatic rings. The highest BCUT2D eigenvalue weighted by molar-refractivity contribution is 8.00. The lowest BCUT2D eigenvalue weighted by atomic mass is 10.2. The normalized spacial score (nSPS) is 14.4. The van der Waals surface area contributed by atoms with E-state index in [9.17, 15) is 9.59 Å². The standard InChI is InChI=1S/C16H20N4O2S2/c1-3-9(2)19-16(22)20-12(21)7-23-14-13-10-5-4-6-11(10)24-15(13)18-8-17-14/h8-9H,3-7H2,1-2H3,(H2,19,20,21,22)/t9-/m1/s1. The van der Waals surface area contributed by atoms with Gasteiger partial charge in [-0.15, -0.1) is 11.3 Å². The highest BCUT2D eigenvalue weighted by Crippen LogP contribution is 2.39. The highest BCUT2D eigenvalue weighted by atomic mass is 32.2. The van der Waals surface area contributed by atoms with Crippen LogP contribution >= 0.6 is 23.1 Å². The van der Waals surface area contributed by atoms with Crippen molar-refractivity contribution in [1.29, 1.82) is 0 Å². The van der Waals surface area contributed by atoms with E-state index in [4.69, 9.17) is 0 Å². The minimum Gasteiger partial charge on any atom is -0.335 e. The third-order valence-electron chi connectivity index (χ3n) is 4.05. The van der Waals surface area contributed by atoms with Crippen LogP contribution in [0.1, 0.15) is 37.1 Å². The van der Waals surface area contributed by atoms with Crippen molar-refractivity contribution >= 4 is 45.3 Å². The average molecular weight is 364 g/mol. The monoisotopic (exact) mass is 364 g/mol. The predicted octanol–water partition coefficient (Wildman–Crippen LogP) is 2.90. The SMILES string of the molecule is CC[C@@H](C)NC(=O)NC(=O)CSc1ncnc2sc3c(c12)CCC3. The lowest BCUT2D eigenvalue weighted by Crippen LogP contribution is -2.43. The number of imide groups is 1. The lowest BCUT2D eigenvalue weighted by molar-refractivity contribution is -0.117. The van der Waals surface area contributed by atoms with Crippen molar-refractivity contribution in [1.82, 2.24) is 20.6 Å². The van der Waals surface area contributed by atoms with Crippen LogP contribution in [0.25, 0.3) is 10.2 Å². The lowest BCUT2D eigenvalue weighted by Gasteiger charge is -2.11. The Bertz CT molecular complexity index is 775. The van der Waals surface area contributed by atoms with E-state index < -0.39 is 6.03 Å². The van der Waals surface area contributed by atoms with Gasteiger partial charge in [0.05, 0.1) is 5.75 Å².